The number of carbonyl (C=O) groups is 1. The summed E-state index contributed by atoms with van der Waals surface area (Å²) in [6.07, 6.45) is 0. The molecule has 3 nitrogen and oxygen atoms in total. The van der Waals surface area contributed by atoms with E-state index in [0.29, 0.717) is 11.3 Å². The lowest BCUT2D eigenvalue weighted by Gasteiger charge is -2.13. The van der Waals surface area contributed by atoms with Crippen molar-refractivity contribution in [1.82, 2.24) is 0 Å². The van der Waals surface area contributed by atoms with Crippen molar-refractivity contribution in [2.75, 3.05) is 11.1 Å². The average molecular weight is 333 g/mol. The quantitative estimate of drug-likeness (QED) is 0.809. The van der Waals surface area contributed by atoms with Crippen LogP contribution in [-0.2, 0) is 0 Å². The molecule has 3 N–H and O–H groups in total. The number of anilines is 2. The zero-order valence-corrected chi connectivity index (χ0v) is 13.3. The second kappa shape index (κ2) is 5.67. The van der Waals surface area contributed by atoms with Crippen molar-refractivity contribution in [2.24, 2.45) is 0 Å². The minimum atomic E-state index is -0.115. The van der Waals surface area contributed by atoms with Gasteiger partial charge in [0, 0.05) is 21.4 Å². The molecule has 0 fully saturated rings. The molecule has 20 heavy (non-hydrogen) atoms. The highest BCUT2D eigenvalue weighted by molar-refractivity contribution is 9.10. The van der Waals surface area contributed by atoms with Gasteiger partial charge in [0.2, 0.25) is 0 Å². The van der Waals surface area contributed by atoms with Crippen LogP contribution in [0.4, 0.5) is 11.4 Å². The number of carbonyl (C=O) groups excluding carboxylic acids is 1. The van der Waals surface area contributed by atoms with Crippen LogP contribution in [0.5, 0.6) is 0 Å². The zero-order valence-electron chi connectivity index (χ0n) is 11.8. The lowest BCUT2D eigenvalue weighted by molar-refractivity contribution is 0.102. The molecule has 2 rings (SSSR count). The van der Waals surface area contributed by atoms with Crippen LogP contribution in [0.15, 0.2) is 34.8 Å². The van der Waals surface area contributed by atoms with Crippen LogP contribution in [0, 0.1) is 20.8 Å². The Morgan fingerprint density at radius 1 is 1.05 bits per heavy atom. The molecule has 0 heterocycles. The SMILES string of the molecule is Cc1cc(N)ccc1C(=O)Nc1c(C)cc(Br)cc1C. The summed E-state index contributed by atoms with van der Waals surface area (Å²) < 4.78 is 1.01. The topological polar surface area (TPSA) is 55.1 Å². The summed E-state index contributed by atoms with van der Waals surface area (Å²) >= 11 is 3.45. The molecule has 0 aliphatic carbocycles. The summed E-state index contributed by atoms with van der Waals surface area (Å²) in [7, 11) is 0. The number of hydrogen-bond donors (Lipinski definition) is 2. The fraction of sp³-hybridized carbons (Fsp3) is 0.188. The first-order valence-corrected chi connectivity index (χ1v) is 7.12. The molecular formula is C16H17BrN2O. The molecule has 0 saturated heterocycles. The van der Waals surface area contributed by atoms with Crippen LogP contribution in [0.2, 0.25) is 0 Å². The number of amides is 1. The minimum Gasteiger partial charge on any atom is -0.399 e. The summed E-state index contributed by atoms with van der Waals surface area (Å²) in [5, 5.41) is 2.98. The number of aryl methyl sites for hydroxylation is 3. The number of nitrogens with one attached hydrogen (secondary N) is 1. The number of nitrogen functional groups attached to an aromatic ring is 1. The Morgan fingerprint density at radius 3 is 2.20 bits per heavy atom. The third-order valence-corrected chi connectivity index (χ3v) is 3.69. The van der Waals surface area contributed by atoms with E-state index in [4.69, 9.17) is 5.73 Å². The van der Waals surface area contributed by atoms with Crippen LogP contribution in [0.1, 0.15) is 27.0 Å². The Bertz CT molecular complexity index is 657. The van der Waals surface area contributed by atoms with Crippen LogP contribution >= 0.6 is 15.9 Å². The lowest BCUT2D eigenvalue weighted by atomic mass is 10.1. The number of halogens is 1. The molecule has 0 atom stereocenters. The Morgan fingerprint density at radius 2 is 1.65 bits per heavy atom. The first kappa shape index (κ1) is 14.6. The Hall–Kier alpha value is -1.81. The first-order valence-electron chi connectivity index (χ1n) is 6.32. The molecular weight excluding hydrogens is 316 g/mol. The van der Waals surface area contributed by atoms with Crippen molar-refractivity contribution in [3.8, 4) is 0 Å². The van der Waals surface area contributed by atoms with Crippen LogP contribution < -0.4 is 11.1 Å². The Kier molecular flexibility index (Phi) is 4.14. The fourth-order valence-electron chi connectivity index (χ4n) is 2.23. The molecule has 4 heteroatoms. The number of benzene rings is 2. The standard InChI is InChI=1S/C16H17BrN2O/c1-9-8-13(18)4-5-14(9)16(20)19-15-10(2)6-12(17)7-11(15)3/h4-8H,18H2,1-3H3,(H,19,20). The molecule has 2 aromatic carbocycles. The van der Waals surface area contributed by atoms with Gasteiger partial charge in [-0.1, -0.05) is 15.9 Å². The normalized spacial score (nSPS) is 10.4. The van der Waals surface area contributed by atoms with E-state index < -0.39 is 0 Å². The van der Waals surface area contributed by atoms with Gasteiger partial charge in [0.1, 0.15) is 0 Å². The molecule has 0 unspecified atom stereocenters. The molecule has 0 aromatic heterocycles. The predicted octanol–water partition coefficient (Wildman–Crippen LogP) is 4.21. The molecule has 0 saturated carbocycles. The summed E-state index contributed by atoms with van der Waals surface area (Å²) in [4.78, 5) is 12.4. The van der Waals surface area contributed by atoms with Crippen molar-refractivity contribution in [2.45, 2.75) is 20.8 Å². The van der Waals surface area contributed by atoms with E-state index in [2.05, 4.69) is 21.2 Å². The van der Waals surface area contributed by atoms with E-state index >= 15 is 0 Å². The van der Waals surface area contributed by atoms with E-state index in [9.17, 15) is 4.79 Å². The van der Waals surface area contributed by atoms with Crippen molar-refractivity contribution < 1.29 is 4.79 Å². The van der Waals surface area contributed by atoms with Gasteiger partial charge < -0.3 is 11.1 Å². The number of hydrogen-bond acceptors (Lipinski definition) is 2. The second-order valence-corrected chi connectivity index (χ2v) is 5.86. The predicted molar refractivity (Wildman–Crippen MR) is 87.2 cm³/mol. The maximum absolute atomic E-state index is 12.4. The molecule has 0 spiro atoms. The van der Waals surface area contributed by atoms with Gasteiger partial charge in [-0.05, 0) is 67.8 Å². The van der Waals surface area contributed by atoms with Gasteiger partial charge in [-0.2, -0.15) is 0 Å². The third kappa shape index (κ3) is 3.02. The smallest absolute Gasteiger partial charge is 0.255 e. The van der Waals surface area contributed by atoms with Crippen molar-refractivity contribution in [3.05, 3.63) is 57.1 Å². The van der Waals surface area contributed by atoms with Gasteiger partial charge in [0.25, 0.3) is 5.91 Å². The van der Waals surface area contributed by atoms with Crippen molar-refractivity contribution in [1.29, 1.82) is 0 Å². The van der Waals surface area contributed by atoms with E-state index in [1.165, 1.54) is 0 Å². The number of rotatable bonds is 2. The van der Waals surface area contributed by atoms with Gasteiger partial charge >= 0.3 is 0 Å². The molecule has 1 amide bonds. The van der Waals surface area contributed by atoms with Crippen molar-refractivity contribution >= 4 is 33.2 Å². The molecule has 104 valence electrons. The van der Waals surface area contributed by atoms with E-state index in [1.54, 1.807) is 18.2 Å². The van der Waals surface area contributed by atoms with E-state index in [0.717, 1.165) is 26.9 Å². The van der Waals surface area contributed by atoms with E-state index in [-0.39, 0.29) is 5.91 Å². The zero-order chi connectivity index (χ0) is 14.9. The lowest BCUT2D eigenvalue weighted by Crippen LogP contribution is -2.15. The van der Waals surface area contributed by atoms with Crippen LogP contribution in [0.25, 0.3) is 0 Å². The second-order valence-electron chi connectivity index (χ2n) is 4.94. The summed E-state index contributed by atoms with van der Waals surface area (Å²) in [6, 6.07) is 9.26. The highest BCUT2D eigenvalue weighted by Crippen LogP contribution is 2.26. The summed E-state index contributed by atoms with van der Waals surface area (Å²) in [6.45, 7) is 5.83. The maximum Gasteiger partial charge on any atom is 0.255 e. The molecule has 0 radical (unpaired) electrons. The van der Waals surface area contributed by atoms with Gasteiger partial charge in [0.15, 0.2) is 0 Å². The van der Waals surface area contributed by atoms with Gasteiger partial charge in [-0.3, -0.25) is 4.79 Å². The molecule has 0 bridgehead atoms. The van der Waals surface area contributed by atoms with Crippen LogP contribution in [-0.4, -0.2) is 5.91 Å². The highest BCUT2D eigenvalue weighted by atomic mass is 79.9. The Balaban J connectivity index is 2.33. The minimum absolute atomic E-state index is 0.115. The largest absolute Gasteiger partial charge is 0.399 e. The first-order chi connectivity index (χ1) is 9.38. The van der Waals surface area contributed by atoms with Gasteiger partial charge in [-0.25, -0.2) is 0 Å². The van der Waals surface area contributed by atoms with Gasteiger partial charge in [0.05, 0.1) is 0 Å². The third-order valence-electron chi connectivity index (χ3n) is 3.23. The van der Waals surface area contributed by atoms with E-state index in [1.807, 2.05) is 32.9 Å². The monoisotopic (exact) mass is 332 g/mol. The van der Waals surface area contributed by atoms with Gasteiger partial charge in [-0.15, -0.1) is 0 Å². The highest BCUT2D eigenvalue weighted by Gasteiger charge is 2.12. The molecule has 0 aliphatic heterocycles. The fourth-order valence-corrected chi connectivity index (χ4v) is 2.92. The maximum atomic E-state index is 12.4. The average Bonchev–Trinajstić information content (AvgIpc) is 2.33. The molecule has 2 aromatic rings. The summed E-state index contributed by atoms with van der Waals surface area (Å²) in [5.74, 6) is -0.115. The number of nitrogens with two attached hydrogens (primary N) is 1. The molecule has 0 aliphatic rings. The summed E-state index contributed by atoms with van der Waals surface area (Å²) in [5.41, 5.74) is 10.8. The Labute approximate surface area is 127 Å². The van der Waals surface area contributed by atoms with Crippen molar-refractivity contribution in [3.63, 3.8) is 0 Å². The van der Waals surface area contributed by atoms with Crippen LogP contribution in [0.3, 0.4) is 0 Å².